The summed E-state index contributed by atoms with van der Waals surface area (Å²) < 4.78 is 10.2. The molecular formula is C12H25NO3. The van der Waals surface area contributed by atoms with E-state index in [9.17, 15) is 4.79 Å². The zero-order chi connectivity index (χ0) is 12.2. The molecule has 0 heterocycles. The van der Waals surface area contributed by atoms with Crippen LogP contribution in [0.2, 0.25) is 0 Å². The van der Waals surface area contributed by atoms with E-state index in [-0.39, 0.29) is 5.97 Å². The number of carbonyl (C=O) groups excluding carboxylic acids is 1. The van der Waals surface area contributed by atoms with Gasteiger partial charge in [-0.2, -0.15) is 0 Å². The van der Waals surface area contributed by atoms with Gasteiger partial charge in [0.25, 0.3) is 0 Å². The van der Waals surface area contributed by atoms with Gasteiger partial charge in [0.1, 0.15) is 0 Å². The van der Waals surface area contributed by atoms with Gasteiger partial charge >= 0.3 is 5.97 Å². The van der Waals surface area contributed by atoms with Crippen LogP contribution < -0.4 is 5.32 Å². The second-order valence-corrected chi connectivity index (χ2v) is 3.93. The number of esters is 1. The molecular weight excluding hydrogens is 206 g/mol. The van der Waals surface area contributed by atoms with Crippen LogP contribution in [0.5, 0.6) is 0 Å². The first-order valence-electron chi connectivity index (χ1n) is 6.14. The van der Waals surface area contributed by atoms with E-state index in [4.69, 9.17) is 9.47 Å². The van der Waals surface area contributed by atoms with Crippen molar-refractivity contribution in [2.45, 2.75) is 46.1 Å². The van der Waals surface area contributed by atoms with E-state index in [0.717, 1.165) is 26.0 Å². The molecule has 4 nitrogen and oxygen atoms in total. The van der Waals surface area contributed by atoms with E-state index in [1.165, 1.54) is 0 Å². The minimum Gasteiger partial charge on any atom is -0.466 e. The third-order valence-electron chi connectivity index (χ3n) is 2.01. The van der Waals surface area contributed by atoms with Crippen molar-refractivity contribution in [3.63, 3.8) is 0 Å². The van der Waals surface area contributed by atoms with Crippen molar-refractivity contribution in [3.05, 3.63) is 0 Å². The summed E-state index contributed by atoms with van der Waals surface area (Å²) in [5.41, 5.74) is 0. The standard InChI is InChI=1S/C12H25NO3/c1-4-15-12(14)7-9-13-8-5-6-10-16-11(2)3/h11,13H,4-10H2,1-3H3. The molecule has 0 amide bonds. The minimum atomic E-state index is -0.127. The van der Waals surface area contributed by atoms with Gasteiger partial charge in [-0.05, 0) is 40.2 Å². The SMILES string of the molecule is CCOC(=O)CCNCCCCOC(C)C. The number of nitrogens with one attached hydrogen (secondary N) is 1. The Hall–Kier alpha value is -0.610. The second kappa shape index (κ2) is 10.9. The number of hydrogen-bond acceptors (Lipinski definition) is 4. The van der Waals surface area contributed by atoms with Gasteiger partial charge in [0.15, 0.2) is 0 Å². The highest BCUT2D eigenvalue weighted by atomic mass is 16.5. The Balaban J connectivity index is 3.07. The maximum Gasteiger partial charge on any atom is 0.307 e. The van der Waals surface area contributed by atoms with Crippen molar-refractivity contribution in [1.29, 1.82) is 0 Å². The van der Waals surface area contributed by atoms with Gasteiger partial charge in [-0.25, -0.2) is 0 Å². The van der Waals surface area contributed by atoms with E-state index in [1.807, 2.05) is 20.8 Å². The van der Waals surface area contributed by atoms with Gasteiger partial charge in [0.05, 0.1) is 19.1 Å². The third kappa shape index (κ3) is 11.5. The van der Waals surface area contributed by atoms with E-state index in [2.05, 4.69) is 5.32 Å². The predicted molar refractivity (Wildman–Crippen MR) is 64.4 cm³/mol. The Kier molecular flexibility index (Phi) is 10.5. The highest BCUT2D eigenvalue weighted by Gasteiger charge is 1.99. The lowest BCUT2D eigenvalue weighted by Gasteiger charge is -2.07. The third-order valence-corrected chi connectivity index (χ3v) is 2.01. The molecule has 0 aliphatic carbocycles. The topological polar surface area (TPSA) is 47.6 Å². The average Bonchev–Trinajstić information content (AvgIpc) is 2.22. The lowest BCUT2D eigenvalue weighted by Crippen LogP contribution is -2.20. The number of rotatable bonds is 10. The lowest BCUT2D eigenvalue weighted by atomic mass is 10.3. The quantitative estimate of drug-likeness (QED) is 0.459. The molecule has 0 aromatic rings. The molecule has 0 atom stereocenters. The minimum absolute atomic E-state index is 0.127. The van der Waals surface area contributed by atoms with Crippen molar-refractivity contribution >= 4 is 5.97 Å². The molecule has 0 rings (SSSR count). The van der Waals surface area contributed by atoms with Gasteiger partial charge in [0.2, 0.25) is 0 Å². The van der Waals surface area contributed by atoms with E-state index < -0.39 is 0 Å². The molecule has 0 spiro atoms. The summed E-state index contributed by atoms with van der Waals surface area (Å²) in [4.78, 5) is 11.0. The highest BCUT2D eigenvalue weighted by Crippen LogP contribution is 1.93. The molecule has 0 aliphatic heterocycles. The highest BCUT2D eigenvalue weighted by molar-refractivity contribution is 5.69. The van der Waals surface area contributed by atoms with Gasteiger partial charge in [0, 0.05) is 13.2 Å². The molecule has 96 valence electrons. The van der Waals surface area contributed by atoms with Gasteiger partial charge < -0.3 is 14.8 Å². The summed E-state index contributed by atoms with van der Waals surface area (Å²) >= 11 is 0. The first-order valence-corrected chi connectivity index (χ1v) is 6.14. The molecule has 0 aliphatic rings. The van der Waals surface area contributed by atoms with Crippen LogP contribution in [0, 0.1) is 0 Å². The van der Waals surface area contributed by atoms with Crippen LogP contribution in [-0.4, -0.2) is 38.4 Å². The Morgan fingerprint density at radius 1 is 1.25 bits per heavy atom. The first-order chi connectivity index (χ1) is 7.66. The van der Waals surface area contributed by atoms with Crippen molar-refractivity contribution in [1.82, 2.24) is 5.32 Å². The van der Waals surface area contributed by atoms with E-state index in [1.54, 1.807) is 0 Å². The molecule has 0 saturated carbocycles. The Morgan fingerprint density at radius 2 is 2.00 bits per heavy atom. The van der Waals surface area contributed by atoms with E-state index in [0.29, 0.717) is 25.7 Å². The van der Waals surface area contributed by atoms with Gasteiger partial charge in [-0.3, -0.25) is 4.79 Å². The Morgan fingerprint density at radius 3 is 2.62 bits per heavy atom. The number of ether oxygens (including phenoxy) is 2. The smallest absolute Gasteiger partial charge is 0.307 e. The summed E-state index contributed by atoms with van der Waals surface area (Å²) in [5.74, 6) is -0.127. The molecule has 4 heteroatoms. The Bertz CT molecular complexity index is 172. The summed E-state index contributed by atoms with van der Waals surface area (Å²) in [6.07, 6.45) is 2.91. The molecule has 0 aromatic heterocycles. The fraction of sp³-hybridized carbons (Fsp3) is 0.917. The predicted octanol–water partition coefficient (Wildman–Crippen LogP) is 1.73. The summed E-state index contributed by atoms with van der Waals surface area (Å²) in [6, 6.07) is 0. The van der Waals surface area contributed by atoms with Gasteiger partial charge in [-0.15, -0.1) is 0 Å². The molecule has 0 fully saturated rings. The molecule has 0 radical (unpaired) electrons. The summed E-state index contributed by atoms with van der Waals surface area (Å²) in [5, 5.41) is 3.21. The molecule has 1 N–H and O–H groups in total. The first kappa shape index (κ1) is 15.4. The maximum absolute atomic E-state index is 11.0. The number of unbranched alkanes of at least 4 members (excludes halogenated alkanes) is 1. The van der Waals surface area contributed by atoms with Crippen LogP contribution in [0.15, 0.2) is 0 Å². The van der Waals surface area contributed by atoms with Crippen LogP contribution in [-0.2, 0) is 14.3 Å². The summed E-state index contributed by atoms with van der Waals surface area (Å²) in [7, 11) is 0. The number of carbonyl (C=O) groups is 1. The number of hydrogen-bond donors (Lipinski definition) is 1. The fourth-order valence-corrected chi connectivity index (χ4v) is 1.22. The maximum atomic E-state index is 11.0. The van der Waals surface area contributed by atoms with Crippen LogP contribution in [0.1, 0.15) is 40.0 Å². The largest absolute Gasteiger partial charge is 0.466 e. The van der Waals surface area contributed by atoms with Crippen LogP contribution in [0.25, 0.3) is 0 Å². The molecule has 16 heavy (non-hydrogen) atoms. The normalized spacial score (nSPS) is 10.8. The van der Waals surface area contributed by atoms with E-state index >= 15 is 0 Å². The second-order valence-electron chi connectivity index (χ2n) is 3.93. The molecule has 0 saturated heterocycles. The monoisotopic (exact) mass is 231 g/mol. The summed E-state index contributed by atoms with van der Waals surface area (Å²) in [6.45, 7) is 8.81. The van der Waals surface area contributed by atoms with Crippen LogP contribution >= 0.6 is 0 Å². The zero-order valence-electron chi connectivity index (χ0n) is 10.8. The molecule has 0 bridgehead atoms. The zero-order valence-corrected chi connectivity index (χ0v) is 10.8. The molecule has 0 unspecified atom stereocenters. The average molecular weight is 231 g/mol. The van der Waals surface area contributed by atoms with Gasteiger partial charge in [-0.1, -0.05) is 0 Å². The molecule has 0 aromatic carbocycles. The Labute approximate surface area is 98.7 Å². The fourth-order valence-electron chi connectivity index (χ4n) is 1.22. The lowest BCUT2D eigenvalue weighted by molar-refractivity contribution is -0.142. The van der Waals surface area contributed by atoms with Crippen LogP contribution in [0.3, 0.4) is 0 Å². The van der Waals surface area contributed by atoms with Crippen molar-refractivity contribution in [3.8, 4) is 0 Å². The van der Waals surface area contributed by atoms with Crippen molar-refractivity contribution in [2.75, 3.05) is 26.3 Å². The van der Waals surface area contributed by atoms with Crippen molar-refractivity contribution < 1.29 is 14.3 Å². The van der Waals surface area contributed by atoms with Crippen LogP contribution in [0.4, 0.5) is 0 Å². The van der Waals surface area contributed by atoms with Crippen molar-refractivity contribution in [2.24, 2.45) is 0 Å².